The molecule has 0 spiro atoms. The highest BCUT2D eigenvalue weighted by Crippen LogP contribution is 2.13. The third kappa shape index (κ3) is 5.25. The van der Waals surface area contributed by atoms with Gasteiger partial charge in [-0.15, -0.1) is 0 Å². The number of carbonyl (C=O) groups is 1. The van der Waals surface area contributed by atoms with E-state index in [1.54, 1.807) is 6.21 Å². The van der Waals surface area contributed by atoms with Crippen molar-refractivity contribution in [2.75, 3.05) is 18.0 Å². The van der Waals surface area contributed by atoms with Gasteiger partial charge < -0.3 is 4.90 Å². The summed E-state index contributed by atoms with van der Waals surface area (Å²) in [4.78, 5) is 14.1. The lowest BCUT2D eigenvalue weighted by atomic mass is 10.1. The lowest BCUT2D eigenvalue weighted by molar-refractivity contribution is -0.120. The highest BCUT2D eigenvalue weighted by Gasteiger charge is 2.02. The molecule has 0 saturated heterocycles. The molecule has 0 aliphatic heterocycles. The number of nitrogens with one attached hydrogen (secondary N) is 1. The minimum atomic E-state index is -0.118. The Balaban J connectivity index is 1.86. The smallest absolute Gasteiger partial charge is 0.244 e. The van der Waals surface area contributed by atoms with E-state index in [-0.39, 0.29) is 5.91 Å². The van der Waals surface area contributed by atoms with Gasteiger partial charge in [0.15, 0.2) is 0 Å². The first-order chi connectivity index (χ1) is 11.2. The fraction of sp³-hybridized carbons (Fsp3) is 0.263. The zero-order chi connectivity index (χ0) is 16.5. The van der Waals surface area contributed by atoms with E-state index >= 15 is 0 Å². The Morgan fingerprint density at radius 2 is 1.70 bits per heavy atom. The van der Waals surface area contributed by atoms with Crippen molar-refractivity contribution in [3.63, 3.8) is 0 Å². The number of rotatable bonds is 7. The first-order valence-electron chi connectivity index (χ1n) is 7.93. The first kappa shape index (κ1) is 16.7. The molecule has 4 nitrogen and oxygen atoms in total. The average molecular weight is 309 g/mol. The second kappa shape index (κ2) is 8.73. The number of benzene rings is 2. The van der Waals surface area contributed by atoms with Crippen LogP contribution in [-0.2, 0) is 11.2 Å². The van der Waals surface area contributed by atoms with Gasteiger partial charge in [-0.25, -0.2) is 5.43 Å². The van der Waals surface area contributed by atoms with Crippen molar-refractivity contribution in [1.82, 2.24) is 5.43 Å². The Labute approximate surface area is 137 Å². The van der Waals surface area contributed by atoms with Crippen LogP contribution in [0.4, 0.5) is 5.69 Å². The summed E-state index contributed by atoms with van der Waals surface area (Å²) < 4.78 is 0. The molecule has 0 heterocycles. The molecule has 0 atom stereocenters. The van der Waals surface area contributed by atoms with Crippen LogP contribution in [-0.4, -0.2) is 25.2 Å². The molecule has 0 aliphatic rings. The van der Waals surface area contributed by atoms with Crippen molar-refractivity contribution >= 4 is 17.8 Å². The molecule has 0 unspecified atom stereocenters. The van der Waals surface area contributed by atoms with Crippen molar-refractivity contribution in [2.24, 2.45) is 5.10 Å². The van der Waals surface area contributed by atoms with Gasteiger partial charge in [0.25, 0.3) is 0 Å². The molecule has 0 bridgehead atoms. The minimum absolute atomic E-state index is 0.118. The summed E-state index contributed by atoms with van der Waals surface area (Å²) in [5.74, 6) is -0.118. The zero-order valence-electron chi connectivity index (χ0n) is 13.7. The summed E-state index contributed by atoms with van der Waals surface area (Å²) >= 11 is 0. The van der Waals surface area contributed by atoms with Gasteiger partial charge >= 0.3 is 0 Å². The summed E-state index contributed by atoms with van der Waals surface area (Å²) in [5.41, 5.74) is 5.69. The Kier molecular flexibility index (Phi) is 6.36. The van der Waals surface area contributed by atoms with E-state index in [4.69, 9.17) is 0 Å². The SMILES string of the molecule is CCN(CC)c1ccc(/C=N\NC(=O)Cc2ccccc2)cc1. The van der Waals surface area contributed by atoms with Gasteiger partial charge in [-0.1, -0.05) is 42.5 Å². The van der Waals surface area contributed by atoms with Gasteiger partial charge in [-0.05, 0) is 37.1 Å². The molecule has 2 rings (SSSR count). The monoisotopic (exact) mass is 309 g/mol. The number of nitrogens with zero attached hydrogens (tertiary/aromatic N) is 2. The third-order valence-corrected chi connectivity index (χ3v) is 3.63. The summed E-state index contributed by atoms with van der Waals surface area (Å²) in [6.07, 6.45) is 1.99. The molecular weight excluding hydrogens is 286 g/mol. The van der Waals surface area contributed by atoms with Gasteiger partial charge in [0.2, 0.25) is 5.91 Å². The van der Waals surface area contributed by atoms with E-state index in [0.29, 0.717) is 6.42 Å². The van der Waals surface area contributed by atoms with E-state index < -0.39 is 0 Å². The van der Waals surface area contributed by atoms with Crippen LogP contribution < -0.4 is 10.3 Å². The van der Waals surface area contributed by atoms with Crippen LogP contribution in [0.2, 0.25) is 0 Å². The zero-order valence-corrected chi connectivity index (χ0v) is 13.7. The molecule has 0 fully saturated rings. The molecule has 4 heteroatoms. The molecule has 0 saturated carbocycles. The van der Waals surface area contributed by atoms with Gasteiger partial charge in [0, 0.05) is 18.8 Å². The minimum Gasteiger partial charge on any atom is -0.372 e. The van der Waals surface area contributed by atoms with E-state index in [0.717, 1.165) is 24.2 Å². The topological polar surface area (TPSA) is 44.7 Å². The Morgan fingerprint density at radius 3 is 2.30 bits per heavy atom. The van der Waals surface area contributed by atoms with Gasteiger partial charge in [-0.3, -0.25) is 4.79 Å². The van der Waals surface area contributed by atoms with Crippen LogP contribution in [0.1, 0.15) is 25.0 Å². The maximum atomic E-state index is 11.8. The molecular formula is C19H23N3O. The number of hydrazone groups is 1. The van der Waals surface area contributed by atoms with Crippen LogP contribution in [0.3, 0.4) is 0 Å². The predicted molar refractivity (Wildman–Crippen MR) is 95.9 cm³/mol. The number of carbonyl (C=O) groups excluding carboxylic acids is 1. The molecule has 0 aliphatic carbocycles. The van der Waals surface area contributed by atoms with Crippen LogP contribution >= 0.6 is 0 Å². The number of hydrogen-bond donors (Lipinski definition) is 1. The van der Waals surface area contributed by atoms with Crippen molar-refractivity contribution in [1.29, 1.82) is 0 Å². The fourth-order valence-corrected chi connectivity index (χ4v) is 2.36. The van der Waals surface area contributed by atoms with Crippen LogP contribution in [0, 0.1) is 0 Å². The van der Waals surface area contributed by atoms with Gasteiger partial charge in [0.1, 0.15) is 0 Å². The van der Waals surface area contributed by atoms with Crippen molar-refractivity contribution < 1.29 is 4.79 Å². The summed E-state index contributed by atoms with van der Waals surface area (Å²) in [6.45, 7) is 6.25. The summed E-state index contributed by atoms with van der Waals surface area (Å²) in [5, 5.41) is 4.01. The molecule has 2 aromatic rings. The Hall–Kier alpha value is -2.62. The van der Waals surface area contributed by atoms with Crippen LogP contribution in [0.5, 0.6) is 0 Å². The Bertz CT molecular complexity index is 631. The molecule has 23 heavy (non-hydrogen) atoms. The molecule has 0 aromatic heterocycles. The van der Waals surface area contributed by atoms with Crippen LogP contribution in [0.25, 0.3) is 0 Å². The van der Waals surface area contributed by atoms with E-state index in [2.05, 4.69) is 41.4 Å². The van der Waals surface area contributed by atoms with Crippen molar-refractivity contribution in [3.8, 4) is 0 Å². The summed E-state index contributed by atoms with van der Waals surface area (Å²) in [7, 11) is 0. The highest BCUT2D eigenvalue weighted by atomic mass is 16.2. The number of anilines is 1. The van der Waals surface area contributed by atoms with Crippen LogP contribution in [0.15, 0.2) is 59.7 Å². The molecule has 2 aromatic carbocycles. The molecule has 120 valence electrons. The van der Waals surface area contributed by atoms with Gasteiger partial charge in [-0.2, -0.15) is 5.10 Å². The molecule has 0 radical (unpaired) electrons. The molecule has 1 amide bonds. The van der Waals surface area contributed by atoms with Crippen molar-refractivity contribution in [3.05, 3.63) is 65.7 Å². The maximum Gasteiger partial charge on any atom is 0.244 e. The third-order valence-electron chi connectivity index (χ3n) is 3.63. The maximum absolute atomic E-state index is 11.8. The van der Waals surface area contributed by atoms with E-state index in [1.165, 1.54) is 5.69 Å². The normalized spacial score (nSPS) is 10.7. The Morgan fingerprint density at radius 1 is 1.04 bits per heavy atom. The average Bonchev–Trinajstić information content (AvgIpc) is 2.58. The van der Waals surface area contributed by atoms with Crippen molar-refractivity contribution in [2.45, 2.75) is 20.3 Å². The standard InChI is InChI=1S/C19H23N3O/c1-3-22(4-2)18-12-10-17(11-13-18)15-20-21-19(23)14-16-8-6-5-7-9-16/h5-13,15H,3-4,14H2,1-2H3,(H,21,23)/b20-15-. The van der Waals surface area contributed by atoms with E-state index in [1.807, 2.05) is 42.5 Å². The number of amides is 1. The predicted octanol–water partition coefficient (Wildman–Crippen LogP) is 3.23. The summed E-state index contributed by atoms with van der Waals surface area (Å²) in [6, 6.07) is 17.8. The van der Waals surface area contributed by atoms with Gasteiger partial charge in [0.05, 0.1) is 12.6 Å². The second-order valence-corrected chi connectivity index (χ2v) is 5.22. The quantitative estimate of drug-likeness (QED) is 0.630. The fourth-order valence-electron chi connectivity index (χ4n) is 2.36. The first-order valence-corrected chi connectivity index (χ1v) is 7.93. The molecule has 1 N–H and O–H groups in total. The second-order valence-electron chi connectivity index (χ2n) is 5.22. The highest BCUT2D eigenvalue weighted by molar-refractivity contribution is 5.83. The lowest BCUT2D eigenvalue weighted by Crippen LogP contribution is -2.21. The lowest BCUT2D eigenvalue weighted by Gasteiger charge is -2.20. The largest absolute Gasteiger partial charge is 0.372 e. The van der Waals surface area contributed by atoms with E-state index in [9.17, 15) is 4.79 Å². The number of hydrogen-bond acceptors (Lipinski definition) is 3.